The minimum Gasteiger partial charge on any atom is -0.379 e. The summed E-state index contributed by atoms with van der Waals surface area (Å²) in [5.74, 6) is 1.80. The summed E-state index contributed by atoms with van der Waals surface area (Å²) in [6.07, 6.45) is 4.77. The van der Waals surface area contributed by atoms with Crippen molar-refractivity contribution >= 4 is 16.7 Å². The summed E-state index contributed by atoms with van der Waals surface area (Å²) >= 11 is 1.44. The molecule has 0 spiro atoms. The van der Waals surface area contributed by atoms with Crippen LogP contribution in [0, 0.1) is 5.92 Å². The molecule has 0 aromatic carbocycles. The molecule has 5 heteroatoms. The summed E-state index contributed by atoms with van der Waals surface area (Å²) in [6, 6.07) is 0. The maximum atomic E-state index is 5.53. The number of aromatic nitrogens is 2. The molecule has 1 N–H and O–H groups in total. The third-order valence-electron chi connectivity index (χ3n) is 2.51. The van der Waals surface area contributed by atoms with Crippen LogP contribution in [0.1, 0.15) is 32.0 Å². The zero-order valence-electron chi connectivity index (χ0n) is 9.74. The molecule has 16 heavy (non-hydrogen) atoms. The van der Waals surface area contributed by atoms with E-state index in [4.69, 9.17) is 4.74 Å². The molecular formula is C11H19N3OS. The van der Waals surface area contributed by atoms with Crippen molar-refractivity contribution in [2.24, 2.45) is 5.92 Å². The van der Waals surface area contributed by atoms with Gasteiger partial charge in [-0.15, -0.1) is 0 Å². The van der Waals surface area contributed by atoms with E-state index in [1.807, 2.05) is 0 Å². The summed E-state index contributed by atoms with van der Waals surface area (Å²) in [5, 5.41) is 4.15. The minimum absolute atomic E-state index is 0.763. The lowest BCUT2D eigenvalue weighted by molar-refractivity contribution is 0.134. The van der Waals surface area contributed by atoms with Gasteiger partial charge in [-0.3, -0.25) is 0 Å². The second kappa shape index (κ2) is 6.15. The number of rotatable bonds is 8. The molecular weight excluding hydrogens is 222 g/mol. The number of hydrogen-bond donors (Lipinski definition) is 1. The van der Waals surface area contributed by atoms with Crippen molar-refractivity contribution < 1.29 is 4.74 Å². The van der Waals surface area contributed by atoms with Gasteiger partial charge in [0.2, 0.25) is 5.13 Å². The van der Waals surface area contributed by atoms with Crippen molar-refractivity contribution in [1.29, 1.82) is 0 Å². The second-order valence-corrected chi connectivity index (χ2v) is 4.96. The van der Waals surface area contributed by atoms with Crippen molar-refractivity contribution in [3.05, 3.63) is 5.82 Å². The summed E-state index contributed by atoms with van der Waals surface area (Å²) in [5.41, 5.74) is 0. The molecule has 4 nitrogen and oxygen atoms in total. The van der Waals surface area contributed by atoms with Crippen LogP contribution in [0.2, 0.25) is 0 Å². The van der Waals surface area contributed by atoms with Crippen LogP contribution in [0.4, 0.5) is 5.13 Å². The standard InChI is InChI=1S/C11H19N3OS/c1-2-3-10-13-11(16-14-10)12-6-7-15-8-9-4-5-9/h9H,2-8H2,1H3,(H,12,13,14). The molecule has 0 amide bonds. The highest BCUT2D eigenvalue weighted by molar-refractivity contribution is 7.09. The Morgan fingerprint density at radius 1 is 1.50 bits per heavy atom. The molecule has 0 unspecified atom stereocenters. The second-order valence-electron chi connectivity index (χ2n) is 4.21. The first-order chi connectivity index (χ1) is 7.88. The highest BCUT2D eigenvalue weighted by atomic mass is 32.1. The molecule has 1 aliphatic rings. The quantitative estimate of drug-likeness (QED) is 0.710. The van der Waals surface area contributed by atoms with E-state index in [1.54, 1.807) is 0 Å². The molecule has 1 fully saturated rings. The van der Waals surface area contributed by atoms with E-state index in [-0.39, 0.29) is 0 Å². The fourth-order valence-electron chi connectivity index (χ4n) is 1.42. The van der Waals surface area contributed by atoms with E-state index < -0.39 is 0 Å². The highest BCUT2D eigenvalue weighted by Gasteiger charge is 2.20. The van der Waals surface area contributed by atoms with Crippen LogP contribution in [0.25, 0.3) is 0 Å². The SMILES string of the molecule is CCCc1nsc(NCCOCC2CC2)n1. The molecule has 1 saturated carbocycles. The van der Waals surface area contributed by atoms with Crippen LogP contribution >= 0.6 is 11.5 Å². The number of hydrogen-bond acceptors (Lipinski definition) is 5. The third-order valence-corrected chi connectivity index (χ3v) is 3.23. The predicted molar refractivity (Wildman–Crippen MR) is 65.9 cm³/mol. The Morgan fingerprint density at radius 2 is 2.38 bits per heavy atom. The van der Waals surface area contributed by atoms with Crippen molar-refractivity contribution in [2.45, 2.75) is 32.6 Å². The van der Waals surface area contributed by atoms with Crippen molar-refractivity contribution in [3.63, 3.8) is 0 Å². The number of ether oxygens (including phenoxy) is 1. The molecule has 0 atom stereocenters. The van der Waals surface area contributed by atoms with E-state index in [2.05, 4.69) is 21.6 Å². The van der Waals surface area contributed by atoms with Crippen LogP contribution in [0.3, 0.4) is 0 Å². The molecule has 0 bridgehead atoms. The van der Waals surface area contributed by atoms with E-state index in [0.29, 0.717) is 0 Å². The number of nitrogens with one attached hydrogen (secondary N) is 1. The first-order valence-electron chi connectivity index (χ1n) is 6.02. The summed E-state index contributed by atoms with van der Waals surface area (Å²) in [7, 11) is 0. The lowest BCUT2D eigenvalue weighted by Gasteiger charge is -2.03. The Morgan fingerprint density at radius 3 is 3.12 bits per heavy atom. The Kier molecular flexibility index (Phi) is 4.54. The van der Waals surface area contributed by atoms with E-state index in [9.17, 15) is 0 Å². The van der Waals surface area contributed by atoms with Crippen LogP contribution in [0.5, 0.6) is 0 Å². The molecule has 1 aliphatic carbocycles. The van der Waals surface area contributed by atoms with Crippen molar-refractivity contribution in [3.8, 4) is 0 Å². The van der Waals surface area contributed by atoms with Crippen LogP contribution in [0.15, 0.2) is 0 Å². The van der Waals surface area contributed by atoms with Gasteiger partial charge in [-0.1, -0.05) is 6.92 Å². The maximum absolute atomic E-state index is 5.53. The molecule has 0 aliphatic heterocycles. The van der Waals surface area contributed by atoms with E-state index >= 15 is 0 Å². The first kappa shape index (κ1) is 11.8. The maximum Gasteiger partial charge on any atom is 0.202 e. The van der Waals surface area contributed by atoms with Gasteiger partial charge in [-0.25, -0.2) is 4.98 Å². The van der Waals surface area contributed by atoms with Gasteiger partial charge in [0.25, 0.3) is 0 Å². The summed E-state index contributed by atoms with van der Waals surface area (Å²) < 4.78 is 9.80. The van der Waals surface area contributed by atoms with E-state index in [0.717, 1.165) is 49.5 Å². The average molecular weight is 241 g/mol. The van der Waals surface area contributed by atoms with Gasteiger partial charge >= 0.3 is 0 Å². The zero-order chi connectivity index (χ0) is 11.2. The largest absolute Gasteiger partial charge is 0.379 e. The van der Waals surface area contributed by atoms with Gasteiger partial charge in [-0.05, 0) is 25.2 Å². The Labute approximate surface area is 101 Å². The topological polar surface area (TPSA) is 47.0 Å². The van der Waals surface area contributed by atoms with Gasteiger partial charge < -0.3 is 10.1 Å². The van der Waals surface area contributed by atoms with Crippen LogP contribution < -0.4 is 5.32 Å². The fourth-order valence-corrected chi connectivity index (χ4v) is 2.05. The Balaban J connectivity index is 1.56. The highest BCUT2D eigenvalue weighted by Crippen LogP contribution is 2.28. The monoisotopic (exact) mass is 241 g/mol. The van der Waals surface area contributed by atoms with Gasteiger partial charge in [0.15, 0.2) is 0 Å². The minimum atomic E-state index is 0.763. The normalized spacial score (nSPS) is 15.3. The molecule has 2 rings (SSSR count). The zero-order valence-corrected chi connectivity index (χ0v) is 10.6. The number of nitrogens with zero attached hydrogens (tertiary/aromatic N) is 2. The fraction of sp³-hybridized carbons (Fsp3) is 0.818. The molecule has 0 radical (unpaired) electrons. The third kappa shape index (κ3) is 4.06. The molecule has 90 valence electrons. The van der Waals surface area contributed by atoms with E-state index in [1.165, 1.54) is 24.4 Å². The van der Waals surface area contributed by atoms with Gasteiger partial charge in [0.05, 0.1) is 6.61 Å². The van der Waals surface area contributed by atoms with Gasteiger partial charge in [-0.2, -0.15) is 4.37 Å². The Hall–Kier alpha value is -0.680. The molecule has 1 aromatic rings. The van der Waals surface area contributed by atoms with Gasteiger partial charge in [0, 0.05) is 31.1 Å². The summed E-state index contributed by atoms with van der Waals surface area (Å²) in [6.45, 7) is 4.66. The molecule has 1 aromatic heterocycles. The number of aryl methyl sites for hydroxylation is 1. The summed E-state index contributed by atoms with van der Waals surface area (Å²) in [4.78, 5) is 4.39. The molecule has 1 heterocycles. The Bertz CT molecular complexity index is 312. The smallest absolute Gasteiger partial charge is 0.202 e. The first-order valence-corrected chi connectivity index (χ1v) is 6.80. The lowest BCUT2D eigenvalue weighted by atomic mass is 10.3. The van der Waals surface area contributed by atoms with Gasteiger partial charge in [0.1, 0.15) is 5.82 Å². The van der Waals surface area contributed by atoms with Crippen molar-refractivity contribution in [1.82, 2.24) is 9.36 Å². The number of anilines is 1. The van der Waals surface area contributed by atoms with Crippen LogP contribution in [-0.2, 0) is 11.2 Å². The lowest BCUT2D eigenvalue weighted by Crippen LogP contribution is -2.10. The predicted octanol–water partition coefficient (Wildman–Crippen LogP) is 2.33. The van der Waals surface area contributed by atoms with Crippen LogP contribution in [-0.4, -0.2) is 29.1 Å². The molecule has 0 saturated heterocycles. The van der Waals surface area contributed by atoms with Crippen molar-refractivity contribution in [2.75, 3.05) is 25.1 Å². The average Bonchev–Trinajstić information content (AvgIpc) is 2.99.